The summed E-state index contributed by atoms with van der Waals surface area (Å²) in [5.74, 6) is 0. The smallest absolute Gasteiger partial charge is 0.136 e. The first-order valence-corrected chi connectivity index (χ1v) is 44.0. The van der Waals surface area contributed by atoms with Gasteiger partial charge in [0.2, 0.25) is 0 Å². The Hall–Kier alpha value is -15.4. The Morgan fingerprint density at radius 3 is 0.919 bits per heavy atom. The van der Waals surface area contributed by atoms with E-state index in [-0.39, 0.29) is 0 Å². The highest BCUT2D eigenvalue weighted by Crippen LogP contribution is 2.51. The first-order chi connectivity index (χ1) is 61.0. The number of fused-ring (bicyclic) bond motifs is 24. The van der Waals surface area contributed by atoms with Gasteiger partial charge in [-0.25, -0.2) is 0 Å². The van der Waals surface area contributed by atoms with E-state index < -0.39 is 0 Å². The highest BCUT2D eigenvalue weighted by atomic mass is 32.1. The summed E-state index contributed by atoms with van der Waals surface area (Å²) in [4.78, 5) is 0. The molecule has 0 amide bonds. The Morgan fingerprint density at radius 1 is 0.171 bits per heavy atom. The van der Waals surface area contributed by atoms with E-state index in [1.54, 1.807) is 0 Å². The van der Waals surface area contributed by atoms with Crippen molar-refractivity contribution in [2.45, 2.75) is 0 Å². The molecule has 0 bridgehead atoms. The number of benzene rings is 18. The van der Waals surface area contributed by atoms with Crippen LogP contribution in [0.2, 0.25) is 0 Å². The number of nitrogens with zero attached hydrogens (tertiary/aromatic N) is 3. The lowest BCUT2D eigenvalue weighted by Crippen LogP contribution is -1.93. The molecular weight excluding hydrogens is 1560 g/mol. The lowest BCUT2D eigenvalue weighted by molar-refractivity contribution is 0.668. The molecule has 9 aromatic heterocycles. The molecule has 0 radical (unpaired) electrons. The molecule has 0 N–H and O–H groups in total. The topological polar surface area (TPSA) is 54.2 Å². The van der Waals surface area contributed by atoms with Crippen LogP contribution in [0.25, 0.3) is 243 Å². The van der Waals surface area contributed by atoms with Crippen molar-refractivity contribution < 1.29 is 13.3 Å². The molecule has 0 fully saturated rings. The molecule has 9 heteroatoms. The first-order valence-electron chi connectivity index (χ1n) is 41.6. The molecule has 27 rings (SSSR count). The number of hydrogen-bond donors (Lipinski definition) is 0. The molecule has 0 atom stereocenters. The van der Waals surface area contributed by atoms with E-state index in [1.807, 2.05) is 70.4 Å². The molecule has 0 aliphatic heterocycles. The standard InChI is InChI=1S/3C38H23NOS/c1-2-13-26(14-3-1)39-31-19-6-4-15-29(31)38-37(39)36-28(18-10-22-34(36)41-38)25-12-8-11-24(23-25)27-17-9-21-33-35(27)30-16-5-7-20-32(30)40-33;1-2-12-27(13-3-1)39-32-17-6-4-15-31(32)38-37(39)36-28(16-9-19-35(36)41-38)26-11-8-10-24(22-26)25-20-21-30-29-14-5-7-18-33(29)40-34(30)23-25;1-2-12-27(13-3-1)39-32-17-6-4-15-30(32)38-37(39)36-28(16-9-19-35(36)41-38)26-11-8-10-24(22-26)25-20-21-34-31(23-25)29-14-5-7-18-33(29)40-34/h3*1-23H. The van der Waals surface area contributed by atoms with Gasteiger partial charge in [0.25, 0.3) is 0 Å². The monoisotopic (exact) mass is 1620 g/mol. The third-order valence-electron chi connectivity index (χ3n) is 24.6. The lowest BCUT2D eigenvalue weighted by atomic mass is 9.94. The Balaban J connectivity index is 0.000000101. The van der Waals surface area contributed by atoms with Gasteiger partial charge in [0, 0.05) is 95.8 Å². The second-order valence-electron chi connectivity index (χ2n) is 31.6. The Morgan fingerprint density at radius 2 is 0.463 bits per heavy atom. The Labute approximate surface area is 717 Å². The number of rotatable bonds is 9. The third-order valence-corrected chi connectivity index (χ3v) is 28.1. The van der Waals surface area contributed by atoms with Crippen molar-refractivity contribution in [3.8, 4) is 83.8 Å². The summed E-state index contributed by atoms with van der Waals surface area (Å²) < 4.78 is 33.7. The molecule has 0 saturated carbocycles. The molecule has 6 nitrogen and oxygen atoms in total. The molecule has 0 saturated heterocycles. The van der Waals surface area contributed by atoms with Gasteiger partial charge in [-0.3, -0.25) is 0 Å². The fourth-order valence-electron chi connectivity index (χ4n) is 19.2. The molecular formula is C114H69N3O3S3. The van der Waals surface area contributed by atoms with Gasteiger partial charge in [-0.05, 0) is 206 Å². The molecule has 0 aliphatic carbocycles. The maximum absolute atomic E-state index is 6.21. The average Bonchev–Trinajstić information content (AvgIpc) is 1.56. The van der Waals surface area contributed by atoms with E-state index >= 15 is 0 Å². The molecule has 18 aromatic carbocycles. The summed E-state index contributed by atoms with van der Waals surface area (Å²) in [5.41, 5.74) is 31.1. The maximum atomic E-state index is 6.21. The van der Waals surface area contributed by atoms with Gasteiger partial charge in [0.05, 0.1) is 47.2 Å². The van der Waals surface area contributed by atoms with Gasteiger partial charge in [0.1, 0.15) is 33.5 Å². The first kappa shape index (κ1) is 70.6. The third kappa shape index (κ3) is 11.5. The van der Waals surface area contributed by atoms with Crippen molar-refractivity contribution in [2.75, 3.05) is 0 Å². The highest BCUT2D eigenvalue weighted by Gasteiger charge is 2.26. The van der Waals surface area contributed by atoms with Crippen molar-refractivity contribution in [2.24, 2.45) is 0 Å². The fourth-order valence-corrected chi connectivity index (χ4v) is 22.9. The largest absolute Gasteiger partial charge is 0.456 e. The number of para-hydroxylation sites is 9. The second-order valence-corrected chi connectivity index (χ2v) is 34.7. The van der Waals surface area contributed by atoms with E-state index in [9.17, 15) is 0 Å². The van der Waals surface area contributed by atoms with Crippen LogP contribution in [0, 0.1) is 0 Å². The highest BCUT2D eigenvalue weighted by molar-refractivity contribution is 7.27. The Bertz CT molecular complexity index is 8900. The van der Waals surface area contributed by atoms with Crippen LogP contribution < -0.4 is 0 Å². The molecule has 27 aromatic rings. The van der Waals surface area contributed by atoms with Crippen LogP contribution in [0.15, 0.2) is 432 Å². The maximum Gasteiger partial charge on any atom is 0.136 e. The van der Waals surface area contributed by atoms with Crippen molar-refractivity contribution in [3.63, 3.8) is 0 Å². The number of furan rings is 3. The van der Waals surface area contributed by atoms with Gasteiger partial charge < -0.3 is 27.0 Å². The summed E-state index contributed by atoms with van der Waals surface area (Å²) in [7, 11) is 0. The van der Waals surface area contributed by atoms with Crippen LogP contribution in [0.5, 0.6) is 0 Å². The summed E-state index contributed by atoms with van der Waals surface area (Å²) >= 11 is 5.66. The zero-order chi connectivity index (χ0) is 80.7. The minimum atomic E-state index is 0.920. The summed E-state index contributed by atoms with van der Waals surface area (Å²) in [6.07, 6.45) is 0. The lowest BCUT2D eigenvalue weighted by Gasteiger charge is -2.11. The molecule has 9 heterocycles. The van der Waals surface area contributed by atoms with Gasteiger partial charge >= 0.3 is 0 Å². The van der Waals surface area contributed by atoms with E-state index in [1.165, 1.54) is 177 Å². The average molecular weight is 1630 g/mol. The van der Waals surface area contributed by atoms with Crippen molar-refractivity contribution >= 4 is 193 Å². The van der Waals surface area contributed by atoms with Crippen LogP contribution in [0.4, 0.5) is 0 Å². The van der Waals surface area contributed by atoms with Crippen LogP contribution >= 0.6 is 34.0 Å². The number of hydrogen-bond acceptors (Lipinski definition) is 6. The SMILES string of the molecule is c1ccc(-n2c3ccccc3c3sc4cccc(-c5cccc(-c6ccc7c(c6)oc6ccccc67)c5)c4c32)cc1.c1ccc(-n2c3ccccc3c3sc4cccc(-c5cccc(-c6ccc7oc8ccccc8c7c6)c5)c4c32)cc1.c1ccc(-n2c3ccccc3c3sc4cccc(-c5cccc(-c6cccc7oc8ccccc8c67)c5)c4c32)cc1. The predicted octanol–water partition coefficient (Wildman–Crippen LogP) is 33.7. The fraction of sp³-hybridized carbons (Fsp3) is 0. The van der Waals surface area contributed by atoms with Gasteiger partial charge in [-0.2, -0.15) is 0 Å². The zero-order valence-corrected chi connectivity index (χ0v) is 68.6. The summed E-state index contributed by atoms with van der Waals surface area (Å²) in [6.45, 7) is 0. The van der Waals surface area contributed by atoms with Crippen LogP contribution in [0.3, 0.4) is 0 Å². The number of thiophene rings is 3. The van der Waals surface area contributed by atoms with Crippen LogP contribution in [-0.2, 0) is 0 Å². The van der Waals surface area contributed by atoms with E-state index in [0.717, 1.165) is 66.0 Å². The minimum Gasteiger partial charge on any atom is -0.456 e. The molecule has 576 valence electrons. The molecule has 0 aliphatic rings. The quantitative estimate of drug-likeness (QED) is 0.145. The minimum absolute atomic E-state index is 0.920. The molecule has 0 spiro atoms. The van der Waals surface area contributed by atoms with Gasteiger partial charge in [-0.1, -0.05) is 279 Å². The van der Waals surface area contributed by atoms with Crippen molar-refractivity contribution in [3.05, 3.63) is 419 Å². The molecule has 0 unspecified atom stereocenters. The van der Waals surface area contributed by atoms with Gasteiger partial charge in [-0.15, -0.1) is 34.0 Å². The summed E-state index contributed by atoms with van der Waals surface area (Å²) in [6, 6.07) is 150. The van der Waals surface area contributed by atoms with E-state index in [0.29, 0.717) is 0 Å². The van der Waals surface area contributed by atoms with E-state index in [2.05, 4.69) is 396 Å². The van der Waals surface area contributed by atoms with Gasteiger partial charge in [0.15, 0.2) is 0 Å². The van der Waals surface area contributed by atoms with Crippen molar-refractivity contribution in [1.29, 1.82) is 0 Å². The van der Waals surface area contributed by atoms with E-state index in [4.69, 9.17) is 13.3 Å². The Kier molecular flexibility index (Phi) is 16.5. The summed E-state index contributed by atoms with van der Waals surface area (Å²) in [5, 5.41) is 14.7. The van der Waals surface area contributed by atoms with Crippen LogP contribution in [0.1, 0.15) is 0 Å². The number of aromatic nitrogens is 3. The van der Waals surface area contributed by atoms with Crippen molar-refractivity contribution in [1.82, 2.24) is 13.7 Å². The predicted molar refractivity (Wildman–Crippen MR) is 523 cm³/mol. The second kappa shape index (κ2) is 28.7. The zero-order valence-electron chi connectivity index (χ0n) is 66.1. The molecule has 123 heavy (non-hydrogen) atoms. The normalized spacial score (nSPS) is 11.9. The van der Waals surface area contributed by atoms with Crippen LogP contribution in [-0.4, -0.2) is 13.7 Å².